The number of benzene rings is 2. The first kappa shape index (κ1) is 24.5. The predicted octanol–water partition coefficient (Wildman–Crippen LogP) is 6.32. The van der Waals surface area contributed by atoms with Gasteiger partial charge in [0.2, 0.25) is 5.91 Å². The number of alkyl halides is 3. The van der Waals surface area contributed by atoms with Crippen molar-refractivity contribution in [3.63, 3.8) is 0 Å². The molecule has 2 aromatic heterocycles. The van der Waals surface area contributed by atoms with Gasteiger partial charge in [0.05, 0.1) is 11.3 Å². The molecule has 0 spiro atoms. The van der Waals surface area contributed by atoms with Crippen molar-refractivity contribution in [2.24, 2.45) is 0 Å². The molecule has 0 bridgehead atoms. The number of carbonyl (C=O) groups is 1. The lowest BCUT2D eigenvalue weighted by atomic mass is 9.90. The summed E-state index contributed by atoms with van der Waals surface area (Å²) in [5, 5.41) is 3.03. The number of pyridine rings is 1. The second-order valence-corrected chi connectivity index (χ2v) is 8.92. The zero-order chi connectivity index (χ0) is 25.0. The van der Waals surface area contributed by atoms with Gasteiger partial charge in [0.1, 0.15) is 5.65 Å². The molecule has 4 nitrogen and oxygen atoms in total. The lowest BCUT2D eigenvalue weighted by Gasteiger charge is -2.21. The number of rotatable bonds is 8. The number of amides is 1. The number of nitrogens with one attached hydrogen (secondary N) is 1. The topological polar surface area (TPSA) is 46.4 Å². The maximum absolute atomic E-state index is 13.5. The Morgan fingerprint density at radius 2 is 1.77 bits per heavy atom. The van der Waals surface area contributed by atoms with Crippen LogP contribution in [-0.2, 0) is 17.4 Å². The quantitative estimate of drug-likeness (QED) is 0.321. The minimum absolute atomic E-state index is 0.0130. The van der Waals surface area contributed by atoms with Crippen LogP contribution < -0.4 is 5.32 Å². The molecule has 0 saturated carbocycles. The number of aryl methyl sites for hydroxylation is 2. The summed E-state index contributed by atoms with van der Waals surface area (Å²) >= 11 is 0. The lowest BCUT2D eigenvalue weighted by Crippen LogP contribution is -2.34. The molecule has 1 amide bonds. The molecule has 2 aromatic carbocycles. The van der Waals surface area contributed by atoms with Crippen LogP contribution in [0.5, 0.6) is 0 Å². The molecule has 35 heavy (non-hydrogen) atoms. The van der Waals surface area contributed by atoms with Crippen molar-refractivity contribution < 1.29 is 18.0 Å². The molecule has 1 N–H and O–H groups in total. The first-order valence-corrected chi connectivity index (χ1v) is 11.7. The van der Waals surface area contributed by atoms with E-state index in [9.17, 15) is 18.0 Å². The summed E-state index contributed by atoms with van der Waals surface area (Å²) in [7, 11) is 0. The first-order chi connectivity index (χ1) is 16.7. The van der Waals surface area contributed by atoms with Crippen LogP contribution in [0.1, 0.15) is 53.8 Å². The molecule has 2 unspecified atom stereocenters. The third kappa shape index (κ3) is 5.91. The Bertz CT molecular complexity index is 1300. The fourth-order valence-corrected chi connectivity index (χ4v) is 4.42. The van der Waals surface area contributed by atoms with E-state index in [0.29, 0.717) is 16.9 Å². The molecular formula is C28H28F3N3O. The molecule has 4 rings (SSSR count). The third-order valence-corrected chi connectivity index (χ3v) is 6.23. The van der Waals surface area contributed by atoms with Crippen molar-refractivity contribution in [1.29, 1.82) is 0 Å². The average molecular weight is 480 g/mol. The van der Waals surface area contributed by atoms with Crippen molar-refractivity contribution in [2.45, 2.75) is 51.2 Å². The van der Waals surface area contributed by atoms with E-state index in [1.807, 2.05) is 66.8 Å². The summed E-state index contributed by atoms with van der Waals surface area (Å²) in [6, 6.07) is 20.8. The van der Waals surface area contributed by atoms with Crippen LogP contribution in [0.3, 0.4) is 0 Å². The number of halogens is 3. The molecule has 4 aromatic rings. The van der Waals surface area contributed by atoms with Gasteiger partial charge in [0.15, 0.2) is 0 Å². The smallest absolute Gasteiger partial charge is 0.354 e. The second-order valence-electron chi connectivity index (χ2n) is 8.92. The number of imidazole rings is 1. The minimum atomic E-state index is -4.47. The highest BCUT2D eigenvalue weighted by Crippen LogP contribution is 2.35. The monoisotopic (exact) mass is 479 g/mol. The van der Waals surface area contributed by atoms with Gasteiger partial charge in [-0.2, -0.15) is 13.2 Å². The van der Waals surface area contributed by atoms with Crippen LogP contribution in [0.4, 0.5) is 13.2 Å². The molecule has 0 fully saturated rings. The number of fused-ring (bicyclic) bond motifs is 1. The van der Waals surface area contributed by atoms with Gasteiger partial charge in [0, 0.05) is 30.3 Å². The van der Waals surface area contributed by atoms with E-state index in [4.69, 9.17) is 0 Å². The second kappa shape index (κ2) is 10.3. The number of nitrogens with zero attached hydrogens (tertiary/aromatic N) is 2. The first-order valence-electron chi connectivity index (χ1n) is 11.7. The van der Waals surface area contributed by atoms with E-state index in [1.54, 1.807) is 12.3 Å². The van der Waals surface area contributed by atoms with E-state index < -0.39 is 17.7 Å². The summed E-state index contributed by atoms with van der Waals surface area (Å²) in [4.78, 5) is 17.5. The van der Waals surface area contributed by atoms with Gasteiger partial charge >= 0.3 is 6.18 Å². The Labute approximate surface area is 202 Å². The van der Waals surface area contributed by atoms with Gasteiger partial charge in [-0.05, 0) is 56.0 Å². The van der Waals surface area contributed by atoms with Gasteiger partial charge in [-0.25, -0.2) is 4.98 Å². The van der Waals surface area contributed by atoms with Gasteiger partial charge in [0.25, 0.3) is 0 Å². The fourth-order valence-electron chi connectivity index (χ4n) is 4.42. The van der Waals surface area contributed by atoms with Gasteiger partial charge in [-0.15, -0.1) is 0 Å². The molecule has 182 valence electrons. The van der Waals surface area contributed by atoms with Gasteiger partial charge in [-0.3, -0.25) is 4.79 Å². The number of hydrogen-bond donors (Lipinski definition) is 1. The predicted molar refractivity (Wildman–Crippen MR) is 130 cm³/mol. The minimum Gasteiger partial charge on any atom is -0.354 e. The van der Waals surface area contributed by atoms with Crippen LogP contribution in [0.15, 0.2) is 79.0 Å². The normalized spacial score (nSPS) is 13.5. The SMILES string of the molecule is Cc1cccc2ncc(C(CC(=O)NC(C)CCc3ccccc3)c3cccc(C(F)(F)F)c3)n12. The summed E-state index contributed by atoms with van der Waals surface area (Å²) in [5.74, 6) is -0.800. The highest BCUT2D eigenvalue weighted by molar-refractivity contribution is 5.78. The molecular weight excluding hydrogens is 451 g/mol. The molecule has 0 aliphatic carbocycles. The van der Waals surface area contributed by atoms with Crippen molar-refractivity contribution in [3.05, 3.63) is 107 Å². The van der Waals surface area contributed by atoms with E-state index in [1.165, 1.54) is 11.6 Å². The standard InChI is InChI=1S/C28H28F3N3O/c1-19(14-15-21-9-4-3-5-10-21)33-27(35)17-24(22-11-7-12-23(16-22)28(29,30)31)25-18-32-26-13-6-8-20(2)34(25)26/h3-13,16,18-19,24H,14-15,17H2,1-2H3,(H,33,35). The molecule has 0 aliphatic rings. The highest BCUT2D eigenvalue weighted by Gasteiger charge is 2.32. The fraction of sp³-hybridized carbons (Fsp3) is 0.286. The number of carbonyl (C=O) groups excluding carboxylic acids is 1. The molecule has 7 heteroatoms. The Kier molecular flexibility index (Phi) is 7.24. The Hall–Kier alpha value is -3.61. The van der Waals surface area contributed by atoms with Crippen molar-refractivity contribution in [1.82, 2.24) is 14.7 Å². The van der Waals surface area contributed by atoms with Crippen molar-refractivity contribution >= 4 is 11.6 Å². The zero-order valence-electron chi connectivity index (χ0n) is 19.7. The third-order valence-electron chi connectivity index (χ3n) is 6.23. The molecule has 2 heterocycles. The van der Waals surface area contributed by atoms with Crippen LogP contribution >= 0.6 is 0 Å². The Balaban J connectivity index is 1.59. The molecule has 0 saturated heterocycles. The maximum atomic E-state index is 13.5. The summed E-state index contributed by atoms with van der Waals surface area (Å²) in [6.07, 6.45) is -1.22. The summed E-state index contributed by atoms with van der Waals surface area (Å²) < 4.78 is 42.3. The molecule has 0 radical (unpaired) electrons. The van der Waals surface area contributed by atoms with E-state index in [2.05, 4.69) is 10.3 Å². The van der Waals surface area contributed by atoms with E-state index in [-0.39, 0.29) is 18.4 Å². The average Bonchev–Trinajstić information content (AvgIpc) is 3.27. The zero-order valence-corrected chi connectivity index (χ0v) is 19.7. The largest absolute Gasteiger partial charge is 0.416 e. The Morgan fingerprint density at radius 3 is 2.51 bits per heavy atom. The maximum Gasteiger partial charge on any atom is 0.416 e. The highest BCUT2D eigenvalue weighted by atomic mass is 19.4. The van der Waals surface area contributed by atoms with Gasteiger partial charge < -0.3 is 9.72 Å². The number of hydrogen-bond acceptors (Lipinski definition) is 2. The van der Waals surface area contributed by atoms with Crippen molar-refractivity contribution in [2.75, 3.05) is 0 Å². The van der Waals surface area contributed by atoms with Gasteiger partial charge in [-0.1, -0.05) is 54.6 Å². The van der Waals surface area contributed by atoms with E-state index >= 15 is 0 Å². The number of aromatic nitrogens is 2. The van der Waals surface area contributed by atoms with Crippen molar-refractivity contribution in [3.8, 4) is 0 Å². The summed E-state index contributed by atoms with van der Waals surface area (Å²) in [5.41, 5.74) is 3.15. The summed E-state index contributed by atoms with van der Waals surface area (Å²) in [6.45, 7) is 3.85. The molecule has 2 atom stereocenters. The molecule has 0 aliphatic heterocycles. The van der Waals surface area contributed by atoms with Crippen LogP contribution in [0.2, 0.25) is 0 Å². The van der Waals surface area contributed by atoms with Crippen LogP contribution in [0, 0.1) is 6.92 Å². The van der Waals surface area contributed by atoms with Crippen LogP contribution in [-0.4, -0.2) is 21.3 Å². The Morgan fingerprint density at radius 1 is 1.03 bits per heavy atom. The lowest BCUT2D eigenvalue weighted by molar-refractivity contribution is -0.137. The van der Waals surface area contributed by atoms with Crippen LogP contribution in [0.25, 0.3) is 5.65 Å². The van der Waals surface area contributed by atoms with E-state index in [0.717, 1.165) is 30.7 Å².